The molecular formula is C78H74N2O10. The monoisotopic (exact) mass is 1200 g/mol. The topological polar surface area (TPSA) is 145 Å². The molecule has 0 radical (unpaired) electrons. The normalized spacial score (nSPS) is 13.7. The molecule has 0 amide bonds. The lowest BCUT2D eigenvalue weighted by Crippen LogP contribution is -2.38. The first-order valence-corrected chi connectivity index (χ1v) is 30.7. The lowest BCUT2D eigenvalue weighted by molar-refractivity contribution is -0.167. The number of pyridine rings is 2. The molecule has 90 heavy (non-hydrogen) atoms. The van der Waals surface area contributed by atoms with Gasteiger partial charge < -0.3 is 38.3 Å². The Kier molecular flexibility index (Phi) is 17.4. The van der Waals surface area contributed by atoms with E-state index >= 15 is 0 Å². The second-order valence-corrected chi connectivity index (χ2v) is 24.5. The van der Waals surface area contributed by atoms with Crippen molar-refractivity contribution < 1.29 is 47.9 Å². The van der Waals surface area contributed by atoms with Gasteiger partial charge in [-0.05, 0) is 155 Å². The number of hydrogen-bond acceptors (Lipinski definition) is 11. The molecule has 2 aromatic heterocycles. The molecule has 1 N–H and O–H groups in total. The molecule has 0 bridgehead atoms. The summed E-state index contributed by atoms with van der Waals surface area (Å²) in [5.41, 5.74) is 11.6. The summed E-state index contributed by atoms with van der Waals surface area (Å²) >= 11 is 0. The fourth-order valence-corrected chi connectivity index (χ4v) is 13.3. The van der Waals surface area contributed by atoms with E-state index in [1.807, 2.05) is 114 Å². The second kappa shape index (κ2) is 25.7. The third-order valence-corrected chi connectivity index (χ3v) is 17.1. The third-order valence-electron chi connectivity index (χ3n) is 17.1. The lowest BCUT2D eigenvalue weighted by Gasteiger charge is -2.39. The molecule has 11 aromatic rings. The summed E-state index contributed by atoms with van der Waals surface area (Å²) in [5.74, 6) is 0.251. The Morgan fingerprint density at radius 1 is 0.556 bits per heavy atom. The maximum Gasteiger partial charge on any atom is 0.337 e. The summed E-state index contributed by atoms with van der Waals surface area (Å²) in [7, 11) is 1.58. The van der Waals surface area contributed by atoms with Crippen LogP contribution >= 0.6 is 0 Å². The number of hydrogen-bond donors (Lipinski definition) is 1. The Hall–Kier alpha value is -9.30. The number of rotatable bonds is 19. The number of esters is 1. The van der Waals surface area contributed by atoms with E-state index in [-0.39, 0.29) is 25.8 Å². The van der Waals surface area contributed by atoms with Crippen LogP contribution in [-0.4, -0.2) is 78.4 Å². The summed E-state index contributed by atoms with van der Waals surface area (Å²) in [4.78, 5) is 34.6. The van der Waals surface area contributed by atoms with Gasteiger partial charge >= 0.3 is 11.9 Å². The van der Waals surface area contributed by atoms with Gasteiger partial charge in [-0.2, -0.15) is 0 Å². The molecule has 12 heteroatoms. The van der Waals surface area contributed by atoms with Crippen LogP contribution < -0.4 is 9.47 Å². The van der Waals surface area contributed by atoms with Gasteiger partial charge in [-0.25, -0.2) is 4.79 Å². The van der Waals surface area contributed by atoms with E-state index in [1.54, 1.807) is 7.11 Å². The maximum atomic E-state index is 12.7. The van der Waals surface area contributed by atoms with Crippen LogP contribution in [0.15, 0.2) is 200 Å². The summed E-state index contributed by atoms with van der Waals surface area (Å²) in [6.07, 6.45) is 3.54. The molecule has 0 unspecified atom stereocenters. The van der Waals surface area contributed by atoms with Gasteiger partial charge in [-0.15, -0.1) is 0 Å². The Balaban J connectivity index is 0.000000193. The minimum absolute atomic E-state index is 0.0713. The van der Waals surface area contributed by atoms with Gasteiger partial charge in [0.1, 0.15) is 29.8 Å². The molecule has 0 saturated carbocycles. The van der Waals surface area contributed by atoms with Crippen molar-refractivity contribution in [3.05, 3.63) is 251 Å². The van der Waals surface area contributed by atoms with E-state index in [0.29, 0.717) is 18.8 Å². The number of benzene rings is 9. The first kappa shape index (κ1) is 61.0. The predicted molar refractivity (Wildman–Crippen MR) is 354 cm³/mol. The molecule has 2 aliphatic heterocycles. The van der Waals surface area contributed by atoms with Crippen LogP contribution in [0.2, 0.25) is 0 Å². The highest BCUT2D eigenvalue weighted by atomic mass is 16.6. The molecule has 2 aliphatic rings. The predicted octanol–water partition coefficient (Wildman–Crippen LogP) is 16.6. The highest BCUT2D eigenvalue weighted by Crippen LogP contribution is 2.49. The average Bonchev–Trinajstić information content (AvgIpc) is 0.845. The molecule has 0 aliphatic carbocycles. The number of aromatic nitrogens is 2. The molecule has 2 atom stereocenters. The van der Waals surface area contributed by atoms with Crippen molar-refractivity contribution in [2.24, 2.45) is 0 Å². The van der Waals surface area contributed by atoms with Crippen molar-refractivity contribution >= 4 is 55.3 Å². The summed E-state index contributed by atoms with van der Waals surface area (Å²) in [6.45, 7) is 14.9. The zero-order valence-electron chi connectivity index (χ0n) is 52.2. The quantitative estimate of drug-likeness (QED) is 0.0608. The summed E-state index contributed by atoms with van der Waals surface area (Å²) in [5, 5.41) is 16.6. The number of carboxylic acid groups (broad SMARTS) is 1. The maximum absolute atomic E-state index is 12.7. The van der Waals surface area contributed by atoms with Crippen molar-refractivity contribution in [2.45, 2.75) is 90.3 Å². The lowest BCUT2D eigenvalue weighted by atomic mass is 9.80. The van der Waals surface area contributed by atoms with Crippen LogP contribution in [0.4, 0.5) is 0 Å². The first-order chi connectivity index (χ1) is 43.6. The summed E-state index contributed by atoms with van der Waals surface area (Å²) in [6, 6.07) is 64.2. The van der Waals surface area contributed by atoms with Crippen LogP contribution in [0.25, 0.3) is 65.6 Å². The van der Waals surface area contributed by atoms with Gasteiger partial charge in [0.25, 0.3) is 0 Å². The molecular weight excluding hydrogens is 1120 g/mol. The number of fused-ring (bicyclic) bond motifs is 2. The van der Waals surface area contributed by atoms with Gasteiger partial charge in [0, 0.05) is 66.7 Å². The Morgan fingerprint density at radius 3 is 1.47 bits per heavy atom. The van der Waals surface area contributed by atoms with E-state index in [1.165, 1.54) is 18.1 Å². The van der Waals surface area contributed by atoms with Crippen molar-refractivity contribution in [2.75, 3.05) is 40.1 Å². The minimum atomic E-state index is -1.19. The number of methoxy groups -OCH3 is 1. The van der Waals surface area contributed by atoms with E-state index in [2.05, 4.69) is 128 Å². The number of ether oxygens (including phenoxy) is 7. The van der Waals surface area contributed by atoms with E-state index < -0.39 is 35.0 Å². The average molecular weight is 1200 g/mol. The van der Waals surface area contributed by atoms with Gasteiger partial charge in [-0.3, -0.25) is 14.8 Å². The molecule has 0 spiro atoms. The highest BCUT2D eigenvalue weighted by molar-refractivity contribution is 6.10. The largest absolute Gasteiger partial charge is 0.493 e. The van der Waals surface area contributed by atoms with Gasteiger partial charge in [-0.1, -0.05) is 152 Å². The van der Waals surface area contributed by atoms with Crippen molar-refractivity contribution in [1.29, 1.82) is 0 Å². The number of carbonyl (C=O) groups is 2. The van der Waals surface area contributed by atoms with Gasteiger partial charge in [0.2, 0.25) is 0 Å². The van der Waals surface area contributed by atoms with Crippen LogP contribution in [0.3, 0.4) is 0 Å². The number of aliphatic carboxylic acids is 1. The van der Waals surface area contributed by atoms with Crippen LogP contribution in [0.1, 0.15) is 96.9 Å². The van der Waals surface area contributed by atoms with Crippen LogP contribution in [0, 0.1) is 13.8 Å². The summed E-state index contributed by atoms with van der Waals surface area (Å²) < 4.78 is 44.0. The van der Waals surface area contributed by atoms with Gasteiger partial charge in [0.05, 0.1) is 48.7 Å². The van der Waals surface area contributed by atoms with Gasteiger partial charge in [0.15, 0.2) is 6.10 Å². The fourth-order valence-electron chi connectivity index (χ4n) is 13.3. The SMILES string of the molecule is CC(=O)OCC(C)(C)O[C@H](COC(c1ccccc1)(c1ccccc1)c1ccccc1)c1c(C)cc2ccccc2c1-c1ccc2c3c(ccnc13)CCO2.COCC(C)(C)O[C@H](C(=O)O)c1c(C)cc2ccccc2c1-c1ccc2c3c(ccnc13)CCO2. The van der Waals surface area contributed by atoms with Crippen molar-refractivity contribution in [3.8, 4) is 33.8 Å². The molecule has 13 rings (SSSR count). The van der Waals surface area contributed by atoms with Crippen LogP contribution in [0.5, 0.6) is 11.5 Å². The molecule has 9 aromatic carbocycles. The van der Waals surface area contributed by atoms with E-state index in [4.69, 9.17) is 43.1 Å². The minimum Gasteiger partial charge on any atom is -0.493 e. The van der Waals surface area contributed by atoms with E-state index in [0.717, 1.165) is 123 Å². The fraction of sp³-hybridized carbons (Fsp3) is 0.256. The zero-order chi connectivity index (χ0) is 62.7. The molecule has 456 valence electrons. The number of carboxylic acids is 1. The number of nitrogens with zero attached hydrogens (tertiary/aromatic N) is 2. The Labute approximate surface area is 525 Å². The Morgan fingerprint density at radius 2 is 1.00 bits per heavy atom. The molecule has 12 nitrogen and oxygen atoms in total. The number of aryl methyl sites for hydroxylation is 2. The van der Waals surface area contributed by atoms with Crippen molar-refractivity contribution in [3.63, 3.8) is 0 Å². The second-order valence-electron chi connectivity index (χ2n) is 24.5. The zero-order valence-corrected chi connectivity index (χ0v) is 52.2. The van der Waals surface area contributed by atoms with Crippen LogP contribution in [-0.2, 0) is 51.7 Å². The van der Waals surface area contributed by atoms with E-state index in [9.17, 15) is 14.7 Å². The Bertz CT molecular complexity index is 4340. The first-order valence-electron chi connectivity index (χ1n) is 30.7. The third kappa shape index (κ3) is 12.0. The highest BCUT2D eigenvalue weighted by Gasteiger charge is 2.41. The number of carbonyl (C=O) groups excluding carboxylic acids is 1. The molecule has 0 fully saturated rings. The standard InChI is InChI=1S/C49H45NO5.C29H29NO5/c1-33-30-36-16-14-15-23-40(36)46(41-24-25-42-45-35(27-29-52-42)26-28-50-47(41)45)44(33)43(55-48(3,4)32-53-34(2)51)31-54-49(37-17-8-5-9-18-37,38-19-10-6-11-20-38)39-21-12-7-13-22-39;1-17-15-19-7-5-6-8-20(19)25(23(17)27(28(31)32)35-29(2,3)16-33-4)21-9-10-22-24-18(12-14-34-22)11-13-30-26(21)24/h5-26,28,30,43H,27,29,31-32H2,1-4H3;5-11,13,15,27H,12,14,16H2,1-4H3,(H,31,32)/t43-;27-/m10/s1. The van der Waals surface area contributed by atoms with Crippen molar-refractivity contribution in [1.82, 2.24) is 9.97 Å². The molecule has 0 saturated heterocycles. The smallest absolute Gasteiger partial charge is 0.337 e. The molecule has 4 heterocycles.